The summed E-state index contributed by atoms with van der Waals surface area (Å²) in [6.45, 7) is 0. The van der Waals surface area contributed by atoms with E-state index in [2.05, 4.69) is 47.5 Å². The molecule has 1 atom stereocenters. The van der Waals surface area contributed by atoms with E-state index in [0.29, 0.717) is 23.4 Å². The monoisotopic (exact) mass is 440 g/mol. The van der Waals surface area contributed by atoms with E-state index in [1.807, 2.05) is 12.1 Å². The topological polar surface area (TPSA) is 89.3 Å². The highest BCUT2D eigenvalue weighted by molar-refractivity contribution is 9.11. The third kappa shape index (κ3) is 3.19. The Morgan fingerprint density at radius 2 is 2.00 bits per heavy atom. The Morgan fingerprint density at radius 3 is 2.65 bits per heavy atom. The van der Waals surface area contributed by atoms with Crippen LogP contribution in [-0.2, 0) is 6.42 Å². The first kappa shape index (κ1) is 16.2. The fourth-order valence-corrected chi connectivity index (χ4v) is 4.14. The molecule has 1 aromatic carbocycles. The molecule has 1 aliphatic rings. The number of nitrogens with zero attached hydrogens (tertiary/aromatic N) is 1. The van der Waals surface area contributed by atoms with E-state index in [-0.39, 0.29) is 5.56 Å². The molecule has 0 spiro atoms. The zero-order valence-corrected chi connectivity index (χ0v) is 15.4. The van der Waals surface area contributed by atoms with Crippen LogP contribution in [0.15, 0.2) is 38.1 Å². The van der Waals surface area contributed by atoms with E-state index in [1.165, 1.54) is 6.20 Å². The quantitative estimate of drug-likeness (QED) is 0.678. The molecule has 0 saturated heterocycles. The smallest absolute Gasteiger partial charge is 0.275 e. The zero-order valence-electron chi connectivity index (χ0n) is 12.2. The summed E-state index contributed by atoms with van der Waals surface area (Å²) in [4.78, 5) is 16.2. The molecule has 0 fully saturated rings. The Bertz CT molecular complexity index is 806. The van der Waals surface area contributed by atoms with E-state index in [4.69, 9.17) is 10.5 Å². The van der Waals surface area contributed by atoms with E-state index >= 15 is 0 Å². The number of aromatic nitrogens is 1. The summed E-state index contributed by atoms with van der Waals surface area (Å²) >= 11 is 6.95. The van der Waals surface area contributed by atoms with Crippen LogP contribution < -0.4 is 26.7 Å². The molecule has 2 heterocycles. The molecule has 0 aliphatic carbocycles. The highest BCUT2D eigenvalue weighted by Crippen LogP contribution is 2.36. The molecule has 6 nitrogen and oxygen atoms in total. The van der Waals surface area contributed by atoms with Crippen LogP contribution in [0, 0.1) is 0 Å². The molecule has 0 saturated carbocycles. The summed E-state index contributed by atoms with van der Waals surface area (Å²) in [5, 5.41) is 6.14. The van der Waals surface area contributed by atoms with Gasteiger partial charge >= 0.3 is 0 Å². The van der Waals surface area contributed by atoms with Crippen molar-refractivity contribution in [3.63, 3.8) is 0 Å². The lowest BCUT2D eigenvalue weighted by atomic mass is 10.0. The van der Waals surface area contributed by atoms with E-state index < -0.39 is 6.29 Å². The van der Waals surface area contributed by atoms with Crippen molar-refractivity contribution < 1.29 is 4.74 Å². The highest BCUT2D eigenvalue weighted by Gasteiger charge is 2.21. The minimum atomic E-state index is -0.417. The second-order valence-corrected chi connectivity index (χ2v) is 6.76. The summed E-state index contributed by atoms with van der Waals surface area (Å²) in [5.41, 5.74) is 8.55. The van der Waals surface area contributed by atoms with Crippen LogP contribution in [0.1, 0.15) is 11.1 Å². The van der Waals surface area contributed by atoms with Crippen LogP contribution >= 0.6 is 31.9 Å². The lowest BCUT2D eigenvalue weighted by Gasteiger charge is -2.10. The zero-order chi connectivity index (χ0) is 16.6. The Kier molecular flexibility index (Phi) is 4.56. The highest BCUT2D eigenvalue weighted by atomic mass is 79.9. The first-order chi connectivity index (χ1) is 11.0. The Morgan fingerprint density at radius 1 is 1.30 bits per heavy atom. The molecule has 2 aromatic rings. The van der Waals surface area contributed by atoms with Gasteiger partial charge < -0.3 is 15.4 Å². The fourth-order valence-electron chi connectivity index (χ4n) is 2.53. The van der Waals surface area contributed by atoms with Crippen LogP contribution in [0.5, 0.6) is 5.75 Å². The maximum absolute atomic E-state index is 12.3. The Hall–Kier alpha value is -1.64. The average Bonchev–Trinajstić information content (AvgIpc) is 2.78. The summed E-state index contributed by atoms with van der Waals surface area (Å²) in [6, 6.07) is 5.58. The largest absolute Gasteiger partial charge is 0.494 e. The SMILES string of the molecule is COc1c(Br)cc(Cc2c3c(ccnc2=O)NC(N)N3)cc1Br. The Labute approximate surface area is 149 Å². The van der Waals surface area contributed by atoms with Gasteiger partial charge in [0, 0.05) is 18.2 Å². The van der Waals surface area contributed by atoms with E-state index in [9.17, 15) is 4.79 Å². The van der Waals surface area contributed by atoms with Crippen molar-refractivity contribution in [1.82, 2.24) is 4.98 Å². The number of fused-ring (bicyclic) bond motifs is 1. The Balaban J connectivity index is 2.07. The van der Waals surface area contributed by atoms with Crippen molar-refractivity contribution in [3.8, 4) is 5.75 Å². The standard InChI is InChI=1S/C15H14Br2N4O2/c1-23-13-9(16)5-7(6-10(13)17)4-8-12-11(20-15(18)21-12)2-3-19-14(8)22/h2-3,5-6,15,20-21H,4,18H2,1H3. The van der Waals surface area contributed by atoms with Gasteiger partial charge in [-0.1, -0.05) is 0 Å². The number of rotatable bonds is 3. The predicted molar refractivity (Wildman–Crippen MR) is 96.9 cm³/mol. The third-order valence-corrected chi connectivity index (χ3v) is 4.69. The lowest BCUT2D eigenvalue weighted by Crippen LogP contribution is -2.32. The molecule has 23 heavy (non-hydrogen) atoms. The first-order valence-corrected chi connectivity index (χ1v) is 8.41. The molecule has 0 bridgehead atoms. The molecule has 120 valence electrons. The van der Waals surface area contributed by atoms with E-state index in [1.54, 1.807) is 13.2 Å². The van der Waals surface area contributed by atoms with Gasteiger partial charge in [-0.15, -0.1) is 0 Å². The maximum Gasteiger partial charge on any atom is 0.275 e. The molecule has 8 heteroatoms. The van der Waals surface area contributed by atoms with Crippen LogP contribution in [0.25, 0.3) is 0 Å². The number of nitrogens with one attached hydrogen (secondary N) is 2. The maximum atomic E-state index is 12.3. The number of anilines is 2. The number of halogens is 2. The van der Waals surface area contributed by atoms with Crippen molar-refractivity contribution >= 4 is 43.2 Å². The number of hydrogen-bond donors (Lipinski definition) is 3. The molecule has 4 N–H and O–H groups in total. The van der Waals surface area contributed by atoms with E-state index in [0.717, 1.165) is 20.2 Å². The van der Waals surface area contributed by atoms with Gasteiger partial charge in [0.05, 0.1) is 27.4 Å². The second kappa shape index (κ2) is 6.46. The van der Waals surface area contributed by atoms with Gasteiger partial charge in [0.1, 0.15) is 5.75 Å². The van der Waals surface area contributed by atoms with Gasteiger partial charge in [0.2, 0.25) is 0 Å². The fraction of sp³-hybridized carbons (Fsp3) is 0.200. The normalized spacial score (nSPS) is 15.6. The van der Waals surface area contributed by atoms with Gasteiger partial charge in [-0.05, 0) is 55.6 Å². The van der Waals surface area contributed by atoms with Gasteiger partial charge in [-0.3, -0.25) is 10.5 Å². The van der Waals surface area contributed by atoms with Crippen LogP contribution in [0.4, 0.5) is 11.4 Å². The van der Waals surface area contributed by atoms with Crippen molar-refractivity contribution in [1.29, 1.82) is 0 Å². The summed E-state index contributed by atoms with van der Waals surface area (Å²) < 4.78 is 6.92. The molecule has 1 aromatic heterocycles. The molecule has 1 unspecified atom stereocenters. The minimum Gasteiger partial charge on any atom is -0.494 e. The van der Waals surface area contributed by atoms with Crippen molar-refractivity contribution in [2.45, 2.75) is 12.7 Å². The van der Waals surface area contributed by atoms with Gasteiger partial charge in [-0.2, -0.15) is 0 Å². The van der Waals surface area contributed by atoms with Crippen LogP contribution in [-0.4, -0.2) is 18.4 Å². The number of benzene rings is 1. The summed E-state index contributed by atoms with van der Waals surface area (Å²) in [6.07, 6.45) is 1.49. The molecule has 0 amide bonds. The number of nitrogens with two attached hydrogens (primary N) is 1. The summed E-state index contributed by atoms with van der Waals surface area (Å²) in [7, 11) is 1.60. The van der Waals surface area contributed by atoms with Gasteiger partial charge in [0.15, 0.2) is 6.29 Å². The van der Waals surface area contributed by atoms with Crippen molar-refractivity contribution in [3.05, 3.63) is 54.8 Å². The number of ether oxygens (including phenoxy) is 1. The van der Waals surface area contributed by atoms with Crippen molar-refractivity contribution in [2.75, 3.05) is 17.7 Å². The second-order valence-electron chi connectivity index (χ2n) is 5.05. The summed E-state index contributed by atoms with van der Waals surface area (Å²) in [5.74, 6) is 0.708. The molecular weight excluding hydrogens is 428 g/mol. The third-order valence-electron chi connectivity index (χ3n) is 3.52. The molecule has 0 radical (unpaired) electrons. The average molecular weight is 442 g/mol. The lowest BCUT2D eigenvalue weighted by molar-refractivity contribution is 0.409. The molecule has 1 aliphatic heterocycles. The van der Waals surface area contributed by atoms with Crippen LogP contribution in [0.2, 0.25) is 0 Å². The van der Waals surface area contributed by atoms with Crippen molar-refractivity contribution in [2.24, 2.45) is 5.73 Å². The number of hydrogen-bond acceptors (Lipinski definition) is 6. The van der Waals surface area contributed by atoms with Gasteiger partial charge in [-0.25, -0.2) is 4.98 Å². The minimum absolute atomic E-state index is 0.280. The molecule has 3 rings (SSSR count). The molecular formula is C15H14Br2N4O2. The first-order valence-electron chi connectivity index (χ1n) is 6.82. The van der Waals surface area contributed by atoms with Crippen LogP contribution in [0.3, 0.4) is 0 Å². The van der Waals surface area contributed by atoms with Gasteiger partial charge in [0.25, 0.3) is 5.56 Å². The number of methoxy groups -OCH3 is 1. The predicted octanol–water partition coefficient (Wildman–Crippen LogP) is 2.65.